The van der Waals surface area contributed by atoms with Gasteiger partial charge in [-0.1, -0.05) is 0 Å². The van der Waals surface area contributed by atoms with Crippen LogP contribution in [-0.4, -0.2) is 35.2 Å². The van der Waals surface area contributed by atoms with Crippen LogP contribution in [-0.2, 0) is 9.59 Å². The van der Waals surface area contributed by atoms with Crippen molar-refractivity contribution in [3.05, 3.63) is 12.2 Å². The van der Waals surface area contributed by atoms with Crippen LogP contribution in [0.25, 0.3) is 0 Å². The molecule has 1 fully saturated rings. The van der Waals surface area contributed by atoms with Crippen LogP contribution in [0.1, 0.15) is 12.8 Å². The van der Waals surface area contributed by atoms with Crippen molar-refractivity contribution in [2.45, 2.75) is 12.8 Å². The average Bonchev–Trinajstić information content (AvgIpc) is 2.92. The number of hydrogen-bond donors (Lipinski definition) is 3. The second-order valence-corrected chi connectivity index (χ2v) is 3.55. The summed E-state index contributed by atoms with van der Waals surface area (Å²) >= 11 is 0. The van der Waals surface area contributed by atoms with Gasteiger partial charge in [0.1, 0.15) is 0 Å². The number of carboxylic acids is 1. The van der Waals surface area contributed by atoms with E-state index in [4.69, 9.17) is 10.2 Å². The van der Waals surface area contributed by atoms with Crippen molar-refractivity contribution in [3.8, 4) is 0 Å². The van der Waals surface area contributed by atoms with E-state index in [2.05, 4.69) is 5.32 Å². The fraction of sp³-hybridized carbons (Fsp3) is 0.556. The SMILES string of the molecule is O=C(O)/C=C/C(=O)NCC1(CO)CC1. The Hall–Kier alpha value is -1.36. The van der Waals surface area contributed by atoms with Crippen LogP contribution in [0.2, 0.25) is 0 Å². The average molecular weight is 199 g/mol. The number of carbonyl (C=O) groups excluding carboxylic acids is 1. The van der Waals surface area contributed by atoms with E-state index in [9.17, 15) is 9.59 Å². The zero-order valence-corrected chi connectivity index (χ0v) is 7.69. The van der Waals surface area contributed by atoms with Gasteiger partial charge in [-0.25, -0.2) is 4.79 Å². The first kappa shape index (κ1) is 10.7. The highest BCUT2D eigenvalue weighted by molar-refractivity contribution is 5.93. The van der Waals surface area contributed by atoms with E-state index in [0.717, 1.165) is 25.0 Å². The predicted octanol–water partition coefficient (Wildman–Crippen LogP) is -0.484. The number of aliphatic hydroxyl groups is 1. The Bertz CT molecular complexity index is 268. The molecule has 1 amide bonds. The van der Waals surface area contributed by atoms with E-state index in [1.807, 2.05) is 0 Å². The molecule has 0 aliphatic heterocycles. The maximum atomic E-state index is 11.0. The number of hydrogen-bond acceptors (Lipinski definition) is 3. The molecule has 0 aromatic rings. The second kappa shape index (κ2) is 4.23. The van der Waals surface area contributed by atoms with Crippen molar-refractivity contribution in [2.75, 3.05) is 13.2 Å². The van der Waals surface area contributed by atoms with Crippen molar-refractivity contribution in [3.63, 3.8) is 0 Å². The molecular weight excluding hydrogens is 186 g/mol. The molecule has 0 spiro atoms. The topological polar surface area (TPSA) is 86.6 Å². The van der Waals surface area contributed by atoms with Crippen molar-refractivity contribution in [1.29, 1.82) is 0 Å². The van der Waals surface area contributed by atoms with Crippen LogP contribution in [0.5, 0.6) is 0 Å². The van der Waals surface area contributed by atoms with Gasteiger partial charge in [-0.05, 0) is 12.8 Å². The minimum absolute atomic E-state index is 0.0654. The summed E-state index contributed by atoms with van der Waals surface area (Å²) in [5.41, 5.74) is -0.146. The van der Waals surface area contributed by atoms with E-state index in [1.54, 1.807) is 0 Å². The lowest BCUT2D eigenvalue weighted by Crippen LogP contribution is -2.30. The maximum Gasteiger partial charge on any atom is 0.328 e. The molecule has 0 heterocycles. The molecule has 0 saturated heterocycles. The molecule has 1 saturated carbocycles. The van der Waals surface area contributed by atoms with Crippen LogP contribution in [0.3, 0.4) is 0 Å². The fourth-order valence-electron chi connectivity index (χ4n) is 1.05. The Labute approximate surface area is 81.4 Å². The third-order valence-electron chi connectivity index (χ3n) is 2.31. The molecular formula is C9H13NO4. The first-order valence-corrected chi connectivity index (χ1v) is 4.38. The van der Waals surface area contributed by atoms with Gasteiger partial charge in [0.05, 0.1) is 6.61 Å². The van der Waals surface area contributed by atoms with E-state index in [1.165, 1.54) is 0 Å². The molecule has 1 rings (SSSR count). The van der Waals surface area contributed by atoms with Crippen LogP contribution in [0.4, 0.5) is 0 Å². The molecule has 14 heavy (non-hydrogen) atoms. The molecule has 0 aromatic heterocycles. The Balaban J connectivity index is 2.25. The summed E-state index contributed by atoms with van der Waals surface area (Å²) in [7, 11) is 0. The van der Waals surface area contributed by atoms with Gasteiger partial charge >= 0.3 is 5.97 Å². The number of aliphatic hydroxyl groups excluding tert-OH is 1. The Kier molecular flexibility index (Phi) is 3.24. The van der Waals surface area contributed by atoms with Gasteiger partial charge in [-0.15, -0.1) is 0 Å². The molecule has 1 aliphatic carbocycles. The largest absolute Gasteiger partial charge is 0.478 e. The van der Waals surface area contributed by atoms with E-state index in [-0.39, 0.29) is 12.0 Å². The lowest BCUT2D eigenvalue weighted by Gasteiger charge is -2.10. The number of carbonyl (C=O) groups is 2. The van der Waals surface area contributed by atoms with Gasteiger partial charge in [0.25, 0.3) is 0 Å². The molecule has 5 nitrogen and oxygen atoms in total. The van der Waals surface area contributed by atoms with Crippen molar-refractivity contribution in [1.82, 2.24) is 5.32 Å². The van der Waals surface area contributed by atoms with Gasteiger partial charge in [0.15, 0.2) is 0 Å². The van der Waals surface area contributed by atoms with Crippen LogP contribution < -0.4 is 5.32 Å². The summed E-state index contributed by atoms with van der Waals surface area (Å²) < 4.78 is 0. The first-order chi connectivity index (χ1) is 6.58. The Morgan fingerprint density at radius 3 is 2.43 bits per heavy atom. The zero-order chi connectivity index (χ0) is 10.6. The van der Waals surface area contributed by atoms with Crippen molar-refractivity contribution >= 4 is 11.9 Å². The highest BCUT2D eigenvalue weighted by Crippen LogP contribution is 2.44. The van der Waals surface area contributed by atoms with Crippen LogP contribution >= 0.6 is 0 Å². The third-order valence-corrected chi connectivity index (χ3v) is 2.31. The lowest BCUT2D eigenvalue weighted by molar-refractivity contribution is -0.131. The van der Waals surface area contributed by atoms with Gasteiger partial charge < -0.3 is 15.5 Å². The number of amides is 1. The molecule has 0 aromatic carbocycles. The van der Waals surface area contributed by atoms with E-state index in [0.29, 0.717) is 6.54 Å². The normalized spacial score (nSPS) is 18.1. The van der Waals surface area contributed by atoms with Crippen molar-refractivity contribution in [2.24, 2.45) is 5.41 Å². The summed E-state index contributed by atoms with van der Waals surface area (Å²) in [4.78, 5) is 21.1. The van der Waals surface area contributed by atoms with Crippen molar-refractivity contribution < 1.29 is 19.8 Å². The molecule has 0 bridgehead atoms. The molecule has 3 N–H and O–H groups in total. The summed E-state index contributed by atoms with van der Waals surface area (Å²) in [6.07, 6.45) is 3.57. The summed E-state index contributed by atoms with van der Waals surface area (Å²) in [5.74, 6) is -1.59. The Morgan fingerprint density at radius 1 is 1.36 bits per heavy atom. The van der Waals surface area contributed by atoms with Gasteiger partial charge in [0, 0.05) is 24.1 Å². The minimum atomic E-state index is -1.15. The van der Waals surface area contributed by atoms with Crippen LogP contribution in [0.15, 0.2) is 12.2 Å². The maximum absolute atomic E-state index is 11.0. The smallest absolute Gasteiger partial charge is 0.328 e. The zero-order valence-electron chi connectivity index (χ0n) is 7.69. The van der Waals surface area contributed by atoms with Gasteiger partial charge in [-0.2, -0.15) is 0 Å². The molecule has 0 atom stereocenters. The minimum Gasteiger partial charge on any atom is -0.478 e. The van der Waals surface area contributed by atoms with Gasteiger partial charge in [-0.3, -0.25) is 4.79 Å². The third kappa shape index (κ3) is 3.18. The summed E-state index contributed by atoms with van der Waals surface area (Å²) in [5, 5.41) is 19.7. The fourth-order valence-corrected chi connectivity index (χ4v) is 1.05. The molecule has 1 aliphatic rings. The number of carboxylic acid groups (broad SMARTS) is 1. The summed E-state index contributed by atoms with van der Waals surface area (Å²) in [6.45, 7) is 0.474. The summed E-state index contributed by atoms with van der Waals surface area (Å²) in [6, 6.07) is 0. The standard InChI is InChI=1S/C9H13NO4/c11-6-9(3-4-9)5-10-7(12)1-2-8(13)14/h1-2,11H,3-6H2,(H,10,12)(H,13,14)/b2-1+. The predicted molar refractivity (Wildman–Crippen MR) is 48.5 cm³/mol. The Morgan fingerprint density at radius 2 is 2.00 bits per heavy atom. The number of rotatable bonds is 5. The molecule has 0 unspecified atom stereocenters. The second-order valence-electron chi connectivity index (χ2n) is 3.55. The quantitative estimate of drug-likeness (QED) is 0.522. The first-order valence-electron chi connectivity index (χ1n) is 4.38. The van der Waals surface area contributed by atoms with Gasteiger partial charge in [0.2, 0.25) is 5.91 Å². The molecule has 78 valence electrons. The van der Waals surface area contributed by atoms with Crippen LogP contribution in [0, 0.1) is 5.41 Å². The highest BCUT2D eigenvalue weighted by Gasteiger charge is 2.41. The molecule has 0 radical (unpaired) electrons. The number of nitrogens with one attached hydrogen (secondary N) is 1. The monoisotopic (exact) mass is 199 g/mol. The van der Waals surface area contributed by atoms with E-state index >= 15 is 0 Å². The molecule has 5 heteroatoms. The number of aliphatic carboxylic acids is 1. The van der Waals surface area contributed by atoms with E-state index < -0.39 is 11.9 Å². The lowest BCUT2D eigenvalue weighted by atomic mass is 10.1. The highest BCUT2D eigenvalue weighted by atomic mass is 16.4.